The normalized spacial score (nSPS) is 21.4. The molecule has 0 aromatic rings. The van der Waals surface area contributed by atoms with Gasteiger partial charge in [-0.25, -0.2) is 0 Å². The van der Waals surface area contributed by atoms with Gasteiger partial charge in [0, 0.05) is 45.3 Å². The molecule has 28 heavy (non-hydrogen) atoms. The Morgan fingerprint density at radius 3 is 2.32 bits per heavy atom. The summed E-state index contributed by atoms with van der Waals surface area (Å²) >= 11 is 0. The van der Waals surface area contributed by atoms with Gasteiger partial charge in [-0.05, 0) is 51.1 Å². The van der Waals surface area contributed by atoms with Gasteiger partial charge in [0.25, 0.3) is 0 Å². The number of likely N-dealkylation sites (tertiary alicyclic amines) is 1. The smallest absolute Gasteiger partial charge is 0.191 e. The summed E-state index contributed by atoms with van der Waals surface area (Å²) in [5.41, 5.74) is 0. The van der Waals surface area contributed by atoms with Gasteiger partial charge in [-0.2, -0.15) is 0 Å². The van der Waals surface area contributed by atoms with Gasteiger partial charge in [-0.15, -0.1) is 24.0 Å². The number of nitrogens with zero attached hydrogens (tertiary/aromatic N) is 3. The van der Waals surface area contributed by atoms with Crippen LogP contribution in [0.2, 0.25) is 0 Å². The lowest BCUT2D eigenvalue weighted by Gasteiger charge is -2.35. The summed E-state index contributed by atoms with van der Waals surface area (Å²) in [7, 11) is 0. The summed E-state index contributed by atoms with van der Waals surface area (Å²) in [5, 5.41) is 7.04. The predicted molar refractivity (Wildman–Crippen MR) is 130 cm³/mol. The molecule has 2 atom stereocenters. The summed E-state index contributed by atoms with van der Waals surface area (Å²) in [4.78, 5) is 10.0. The Morgan fingerprint density at radius 2 is 1.71 bits per heavy atom. The first-order chi connectivity index (χ1) is 13.1. The van der Waals surface area contributed by atoms with Crippen molar-refractivity contribution in [2.45, 2.75) is 53.0 Å². The number of rotatable bonds is 10. The number of aliphatic imine (C=N–C) groups is 1. The maximum atomic E-state index is 5.54. The number of halogens is 1. The van der Waals surface area contributed by atoms with E-state index in [0.717, 1.165) is 51.9 Å². The first-order valence-electron chi connectivity index (χ1n) is 11.1. The standard InChI is InChI=1S/C21H43N5O.HI/c1-5-22-21(23-15-19(4)17-25-8-6-7-9-25)24-16-20(14-18(2)3)26-10-12-27-13-11-26;/h18-20H,5-17H2,1-4H3,(H2,22,23,24);1H. The zero-order chi connectivity index (χ0) is 19.5. The molecule has 2 aliphatic heterocycles. The Labute approximate surface area is 190 Å². The summed E-state index contributed by atoms with van der Waals surface area (Å²) in [6.45, 7) is 19.3. The zero-order valence-electron chi connectivity index (χ0n) is 18.6. The minimum atomic E-state index is 0. The molecule has 0 amide bonds. The van der Waals surface area contributed by atoms with Gasteiger partial charge in [0.2, 0.25) is 0 Å². The number of hydrogen-bond donors (Lipinski definition) is 2. The first-order valence-corrected chi connectivity index (χ1v) is 11.1. The molecule has 0 saturated carbocycles. The molecule has 2 aliphatic rings. The van der Waals surface area contributed by atoms with Crippen LogP contribution in [0.1, 0.15) is 47.0 Å². The molecule has 0 aromatic heterocycles. The quantitative estimate of drug-likeness (QED) is 0.270. The highest BCUT2D eigenvalue weighted by Gasteiger charge is 2.22. The Balaban J connectivity index is 0.00000392. The molecule has 2 N–H and O–H groups in total. The fourth-order valence-electron chi connectivity index (χ4n) is 4.12. The second-order valence-corrected chi connectivity index (χ2v) is 8.65. The van der Waals surface area contributed by atoms with Crippen LogP contribution in [0.25, 0.3) is 0 Å². The highest BCUT2D eigenvalue weighted by Crippen LogP contribution is 2.13. The molecule has 2 heterocycles. The van der Waals surface area contributed by atoms with E-state index in [2.05, 4.69) is 48.1 Å². The van der Waals surface area contributed by atoms with E-state index in [1.54, 1.807) is 0 Å². The monoisotopic (exact) mass is 509 g/mol. The van der Waals surface area contributed by atoms with E-state index >= 15 is 0 Å². The van der Waals surface area contributed by atoms with Gasteiger partial charge in [0.15, 0.2) is 5.96 Å². The number of hydrogen-bond acceptors (Lipinski definition) is 4. The van der Waals surface area contributed by atoms with E-state index < -0.39 is 0 Å². The summed E-state index contributed by atoms with van der Waals surface area (Å²) in [5.74, 6) is 2.26. The highest BCUT2D eigenvalue weighted by molar-refractivity contribution is 14.0. The van der Waals surface area contributed by atoms with Crippen molar-refractivity contribution in [2.24, 2.45) is 16.8 Å². The SMILES string of the molecule is CCNC(=NCC(C)CN1CCCC1)NCC(CC(C)C)N1CCOCC1.I. The van der Waals surface area contributed by atoms with E-state index in [0.29, 0.717) is 17.9 Å². The molecular formula is C21H44IN5O. The molecule has 6 nitrogen and oxygen atoms in total. The molecule has 2 rings (SSSR count). The van der Waals surface area contributed by atoms with Gasteiger partial charge in [0.05, 0.1) is 13.2 Å². The van der Waals surface area contributed by atoms with Crippen molar-refractivity contribution in [3.63, 3.8) is 0 Å². The van der Waals surface area contributed by atoms with Crippen LogP contribution in [0.4, 0.5) is 0 Å². The zero-order valence-corrected chi connectivity index (χ0v) is 20.9. The lowest BCUT2D eigenvalue weighted by molar-refractivity contribution is 0.0132. The van der Waals surface area contributed by atoms with Crippen LogP contribution in [0, 0.1) is 11.8 Å². The van der Waals surface area contributed by atoms with Gasteiger partial charge < -0.3 is 20.3 Å². The van der Waals surface area contributed by atoms with Crippen molar-refractivity contribution in [2.75, 3.05) is 65.6 Å². The highest BCUT2D eigenvalue weighted by atomic mass is 127. The first kappa shape index (κ1) is 25.9. The molecule has 0 bridgehead atoms. The van der Waals surface area contributed by atoms with Crippen molar-refractivity contribution in [3.8, 4) is 0 Å². The van der Waals surface area contributed by atoms with Gasteiger partial charge >= 0.3 is 0 Å². The maximum absolute atomic E-state index is 5.54. The molecule has 2 unspecified atom stereocenters. The average molecular weight is 510 g/mol. The van der Waals surface area contributed by atoms with E-state index in [1.807, 2.05) is 0 Å². The molecule has 2 saturated heterocycles. The van der Waals surface area contributed by atoms with Gasteiger partial charge in [-0.1, -0.05) is 20.8 Å². The second kappa shape index (κ2) is 14.8. The van der Waals surface area contributed by atoms with Crippen LogP contribution in [0.3, 0.4) is 0 Å². The van der Waals surface area contributed by atoms with Crippen molar-refractivity contribution < 1.29 is 4.74 Å². The van der Waals surface area contributed by atoms with Crippen molar-refractivity contribution >= 4 is 29.9 Å². The molecule has 7 heteroatoms. The molecule has 0 aliphatic carbocycles. The lowest BCUT2D eigenvalue weighted by atomic mass is 10.0. The molecule has 166 valence electrons. The number of guanidine groups is 1. The topological polar surface area (TPSA) is 52.1 Å². The van der Waals surface area contributed by atoms with Crippen LogP contribution >= 0.6 is 24.0 Å². The fraction of sp³-hybridized carbons (Fsp3) is 0.952. The fourth-order valence-corrected chi connectivity index (χ4v) is 4.12. The van der Waals surface area contributed by atoms with Crippen LogP contribution in [-0.2, 0) is 4.74 Å². The third kappa shape index (κ3) is 10.1. The molecule has 0 spiro atoms. The van der Waals surface area contributed by atoms with Crippen LogP contribution in [-0.4, -0.2) is 87.4 Å². The van der Waals surface area contributed by atoms with E-state index in [1.165, 1.54) is 38.9 Å². The number of ether oxygens (including phenoxy) is 1. The second-order valence-electron chi connectivity index (χ2n) is 8.65. The molecule has 2 fully saturated rings. The number of nitrogens with one attached hydrogen (secondary N) is 2. The largest absolute Gasteiger partial charge is 0.379 e. The Kier molecular flexibility index (Phi) is 13.7. The average Bonchev–Trinajstić information content (AvgIpc) is 3.16. The minimum Gasteiger partial charge on any atom is -0.379 e. The summed E-state index contributed by atoms with van der Waals surface area (Å²) in [6.07, 6.45) is 3.93. The van der Waals surface area contributed by atoms with Crippen LogP contribution in [0.5, 0.6) is 0 Å². The maximum Gasteiger partial charge on any atom is 0.191 e. The third-order valence-corrected chi connectivity index (χ3v) is 5.48. The third-order valence-electron chi connectivity index (χ3n) is 5.48. The van der Waals surface area contributed by atoms with Crippen LogP contribution < -0.4 is 10.6 Å². The van der Waals surface area contributed by atoms with Gasteiger partial charge in [0.1, 0.15) is 0 Å². The summed E-state index contributed by atoms with van der Waals surface area (Å²) < 4.78 is 5.54. The lowest BCUT2D eigenvalue weighted by Crippen LogP contribution is -2.51. The Bertz CT molecular complexity index is 423. The predicted octanol–water partition coefficient (Wildman–Crippen LogP) is 2.64. The minimum absolute atomic E-state index is 0. The van der Waals surface area contributed by atoms with Crippen LogP contribution in [0.15, 0.2) is 4.99 Å². The van der Waals surface area contributed by atoms with E-state index in [-0.39, 0.29) is 24.0 Å². The van der Waals surface area contributed by atoms with Gasteiger partial charge in [-0.3, -0.25) is 9.89 Å². The van der Waals surface area contributed by atoms with E-state index in [4.69, 9.17) is 9.73 Å². The van der Waals surface area contributed by atoms with E-state index in [9.17, 15) is 0 Å². The van der Waals surface area contributed by atoms with Crippen molar-refractivity contribution in [1.82, 2.24) is 20.4 Å². The molecule has 0 aromatic carbocycles. The number of morpholine rings is 1. The Hall–Kier alpha value is -0.120. The summed E-state index contributed by atoms with van der Waals surface area (Å²) in [6, 6.07) is 0.541. The molecular weight excluding hydrogens is 465 g/mol. The Morgan fingerprint density at radius 1 is 1.04 bits per heavy atom. The van der Waals surface area contributed by atoms with Crippen molar-refractivity contribution in [3.05, 3.63) is 0 Å². The van der Waals surface area contributed by atoms with Crippen molar-refractivity contribution in [1.29, 1.82) is 0 Å². The molecule has 0 radical (unpaired) electrons.